The molecule has 102 valence electrons. The molecule has 0 saturated carbocycles. The molecule has 1 N–H and O–H groups in total. The monoisotopic (exact) mass is 260 g/mol. The van der Waals surface area contributed by atoms with E-state index >= 15 is 0 Å². The SMILES string of the molecule is CCCn1ncnc1CC(O)c1cc(C)nc(C)c1. The van der Waals surface area contributed by atoms with Crippen molar-refractivity contribution in [3.05, 3.63) is 41.2 Å². The number of pyridine rings is 1. The Labute approximate surface area is 113 Å². The van der Waals surface area contributed by atoms with Gasteiger partial charge in [-0.3, -0.25) is 9.67 Å². The minimum atomic E-state index is -0.569. The van der Waals surface area contributed by atoms with Gasteiger partial charge in [-0.1, -0.05) is 6.92 Å². The third kappa shape index (κ3) is 3.38. The highest BCUT2D eigenvalue weighted by molar-refractivity contribution is 5.23. The number of aliphatic hydroxyl groups excluding tert-OH is 1. The largest absolute Gasteiger partial charge is 0.388 e. The number of hydrogen-bond donors (Lipinski definition) is 1. The lowest BCUT2D eigenvalue weighted by molar-refractivity contribution is 0.173. The van der Waals surface area contributed by atoms with Crippen molar-refractivity contribution in [1.82, 2.24) is 19.7 Å². The van der Waals surface area contributed by atoms with E-state index < -0.39 is 6.10 Å². The van der Waals surface area contributed by atoms with Gasteiger partial charge in [-0.15, -0.1) is 0 Å². The number of hydrogen-bond acceptors (Lipinski definition) is 4. The summed E-state index contributed by atoms with van der Waals surface area (Å²) in [4.78, 5) is 8.54. The van der Waals surface area contributed by atoms with E-state index in [9.17, 15) is 5.11 Å². The van der Waals surface area contributed by atoms with E-state index in [2.05, 4.69) is 22.0 Å². The fraction of sp³-hybridized carbons (Fsp3) is 0.500. The van der Waals surface area contributed by atoms with Crippen molar-refractivity contribution in [3.63, 3.8) is 0 Å². The van der Waals surface area contributed by atoms with Crippen molar-refractivity contribution in [1.29, 1.82) is 0 Å². The van der Waals surface area contributed by atoms with E-state index in [1.165, 1.54) is 0 Å². The fourth-order valence-corrected chi connectivity index (χ4v) is 2.19. The van der Waals surface area contributed by atoms with Gasteiger partial charge in [-0.05, 0) is 38.0 Å². The molecule has 2 aromatic heterocycles. The van der Waals surface area contributed by atoms with Gasteiger partial charge in [0.05, 0.1) is 6.10 Å². The normalized spacial score (nSPS) is 12.6. The van der Waals surface area contributed by atoms with Crippen LogP contribution in [0, 0.1) is 13.8 Å². The Bertz CT molecular complexity index is 530. The van der Waals surface area contributed by atoms with E-state index in [0.717, 1.165) is 35.7 Å². The summed E-state index contributed by atoms with van der Waals surface area (Å²) in [6, 6.07) is 3.83. The summed E-state index contributed by atoms with van der Waals surface area (Å²) in [6.07, 6.45) is 2.45. The molecular weight excluding hydrogens is 240 g/mol. The highest BCUT2D eigenvalue weighted by Crippen LogP contribution is 2.18. The average molecular weight is 260 g/mol. The summed E-state index contributed by atoms with van der Waals surface area (Å²) < 4.78 is 1.85. The molecule has 0 aliphatic rings. The standard InChI is InChI=1S/C14H20N4O/c1-4-5-18-14(15-9-16-18)8-13(19)12-6-10(2)17-11(3)7-12/h6-7,9,13,19H,4-5,8H2,1-3H3. The molecule has 0 radical (unpaired) electrons. The van der Waals surface area contributed by atoms with Crippen LogP contribution in [-0.4, -0.2) is 24.9 Å². The molecule has 5 heteroatoms. The van der Waals surface area contributed by atoms with Gasteiger partial charge < -0.3 is 5.11 Å². The van der Waals surface area contributed by atoms with Crippen LogP contribution in [0.1, 0.15) is 42.2 Å². The highest BCUT2D eigenvalue weighted by atomic mass is 16.3. The fourth-order valence-electron chi connectivity index (χ4n) is 2.19. The predicted molar refractivity (Wildman–Crippen MR) is 72.7 cm³/mol. The predicted octanol–water partition coefficient (Wildman–Crippen LogP) is 1.98. The Morgan fingerprint density at radius 1 is 1.26 bits per heavy atom. The summed E-state index contributed by atoms with van der Waals surface area (Å²) in [5, 5.41) is 14.5. The maximum Gasteiger partial charge on any atom is 0.138 e. The topological polar surface area (TPSA) is 63.8 Å². The van der Waals surface area contributed by atoms with Crippen molar-refractivity contribution < 1.29 is 5.11 Å². The Kier molecular flexibility index (Phi) is 4.27. The van der Waals surface area contributed by atoms with Crippen LogP contribution in [0.3, 0.4) is 0 Å². The minimum Gasteiger partial charge on any atom is -0.388 e. The molecule has 0 spiro atoms. The molecule has 0 aliphatic carbocycles. The number of nitrogens with zero attached hydrogens (tertiary/aromatic N) is 4. The second kappa shape index (κ2) is 5.93. The molecule has 0 fully saturated rings. The van der Waals surface area contributed by atoms with Gasteiger partial charge in [0.25, 0.3) is 0 Å². The molecule has 0 saturated heterocycles. The average Bonchev–Trinajstić information content (AvgIpc) is 2.76. The van der Waals surface area contributed by atoms with Gasteiger partial charge in [-0.25, -0.2) is 4.98 Å². The van der Waals surface area contributed by atoms with Gasteiger partial charge in [0.15, 0.2) is 0 Å². The molecule has 1 atom stereocenters. The first-order valence-corrected chi connectivity index (χ1v) is 6.60. The Morgan fingerprint density at radius 3 is 2.58 bits per heavy atom. The van der Waals surface area contributed by atoms with Crippen molar-refractivity contribution in [3.8, 4) is 0 Å². The van der Waals surface area contributed by atoms with Crippen molar-refractivity contribution in [2.24, 2.45) is 0 Å². The smallest absolute Gasteiger partial charge is 0.138 e. The molecule has 2 heterocycles. The Hall–Kier alpha value is -1.75. The molecule has 19 heavy (non-hydrogen) atoms. The lowest BCUT2D eigenvalue weighted by Crippen LogP contribution is -2.11. The maximum absolute atomic E-state index is 10.3. The molecule has 2 aromatic rings. The quantitative estimate of drug-likeness (QED) is 0.892. The lowest BCUT2D eigenvalue weighted by Gasteiger charge is -2.12. The summed E-state index contributed by atoms with van der Waals surface area (Å²) >= 11 is 0. The molecule has 0 amide bonds. The van der Waals surface area contributed by atoms with Crippen LogP contribution in [-0.2, 0) is 13.0 Å². The first-order chi connectivity index (χ1) is 9.10. The summed E-state index contributed by atoms with van der Waals surface area (Å²) in [6.45, 7) is 6.79. The molecule has 0 aliphatic heterocycles. The van der Waals surface area contributed by atoms with Crippen LogP contribution in [0.25, 0.3) is 0 Å². The van der Waals surface area contributed by atoms with E-state index in [4.69, 9.17) is 0 Å². The zero-order valence-electron chi connectivity index (χ0n) is 11.7. The highest BCUT2D eigenvalue weighted by Gasteiger charge is 2.14. The van der Waals surface area contributed by atoms with Crippen LogP contribution in [0.15, 0.2) is 18.5 Å². The summed E-state index contributed by atoms with van der Waals surface area (Å²) in [7, 11) is 0. The van der Waals surface area contributed by atoms with Crippen LogP contribution >= 0.6 is 0 Å². The Balaban J connectivity index is 2.15. The summed E-state index contributed by atoms with van der Waals surface area (Å²) in [5.41, 5.74) is 2.73. The minimum absolute atomic E-state index is 0.475. The van der Waals surface area contributed by atoms with Crippen molar-refractivity contribution in [2.75, 3.05) is 0 Å². The first kappa shape index (κ1) is 13.7. The van der Waals surface area contributed by atoms with Crippen molar-refractivity contribution in [2.45, 2.75) is 46.3 Å². The van der Waals surface area contributed by atoms with Gasteiger partial charge in [0.1, 0.15) is 12.2 Å². The Morgan fingerprint density at radius 2 is 1.95 bits per heavy atom. The van der Waals surface area contributed by atoms with E-state index in [1.807, 2.05) is 30.7 Å². The molecule has 0 aromatic carbocycles. The maximum atomic E-state index is 10.3. The molecule has 5 nitrogen and oxygen atoms in total. The van der Waals surface area contributed by atoms with Crippen LogP contribution < -0.4 is 0 Å². The zero-order chi connectivity index (χ0) is 13.8. The number of aliphatic hydroxyl groups is 1. The van der Waals surface area contributed by atoms with E-state index in [-0.39, 0.29) is 0 Å². The van der Waals surface area contributed by atoms with Gasteiger partial charge in [0.2, 0.25) is 0 Å². The second-order valence-electron chi connectivity index (χ2n) is 4.80. The van der Waals surface area contributed by atoms with Crippen LogP contribution in [0.4, 0.5) is 0 Å². The second-order valence-corrected chi connectivity index (χ2v) is 4.80. The third-order valence-corrected chi connectivity index (χ3v) is 3.00. The zero-order valence-corrected chi connectivity index (χ0v) is 11.7. The molecule has 0 bridgehead atoms. The van der Waals surface area contributed by atoms with Gasteiger partial charge in [0, 0.05) is 24.4 Å². The van der Waals surface area contributed by atoms with Crippen LogP contribution in [0.5, 0.6) is 0 Å². The lowest BCUT2D eigenvalue weighted by atomic mass is 10.1. The number of aryl methyl sites for hydroxylation is 3. The van der Waals surface area contributed by atoms with E-state index in [1.54, 1.807) is 6.33 Å². The van der Waals surface area contributed by atoms with Crippen LogP contribution in [0.2, 0.25) is 0 Å². The van der Waals surface area contributed by atoms with Crippen molar-refractivity contribution >= 4 is 0 Å². The number of aromatic nitrogens is 4. The third-order valence-electron chi connectivity index (χ3n) is 3.00. The van der Waals surface area contributed by atoms with E-state index in [0.29, 0.717) is 6.42 Å². The number of rotatable bonds is 5. The van der Waals surface area contributed by atoms with Gasteiger partial charge >= 0.3 is 0 Å². The molecular formula is C14H20N4O. The molecule has 2 rings (SSSR count). The first-order valence-electron chi connectivity index (χ1n) is 6.60. The van der Waals surface area contributed by atoms with Gasteiger partial charge in [-0.2, -0.15) is 5.10 Å². The summed E-state index contributed by atoms with van der Waals surface area (Å²) in [5.74, 6) is 0.821. The molecule has 1 unspecified atom stereocenters.